The molecular formula is C23H37N5O4. The molecule has 0 aromatic heterocycles. The Labute approximate surface area is 190 Å². The van der Waals surface area contributed by atoms with E-state index in [9.17, 15) is 9.59 Å². The van der Waals surface area contributed by atoms with Crippen LogP contribution >= 0.6 is 0 Å². The summed E-state index contributed by atoms with van der Waals surface area (Å²) in [5.41, 5.74) is 0.460. The smallest absolute Gasteiger partial charge is 0.407 e. The Morgan fingerprint density at radius 1 is 1.16 bits per heavy atom. The summed E-state index contributed by atoms with van der Waals surface area (Å²) in [6, 6.07) is 7.58. The Bertz CT molecular complexity index is 783. The second-order valence-corrected chi connectivity index (χ2v) is 9.13. The van der Waals surface area contributed by atoms with Crippen LogP contribution in [0.4, 0.5) is 4.79 Å². The van der Waals surface area contributed by atoms with Crippen LogP contribution in [-0.4, -0.2) is 68.8 Å². The Hall–Kier alpha value is -2.97. The molecule has 1 saturated carbocycles. The summed E-state index contributed by atoms with van der Waals surface area (Å²) in [6.45, 7) is 6.55. The van der Waals surface area contributed by atoms with E-state index in [2.05, 4.69) is 20.9 Å². The van der Waals surface area contributed by atoms with Crippen molar-refractivity contribution in [3.05, 3.63) is 29.8 Å². The Morgan fingerprint density at radius 3 is 2.34 bits per heavy atom. The van der Waals surface area contributed by atoms with Crippen molar-refractivity contribution in [1.29, 1.82) is 0 Å². The van der Waals surface area contributed by atoms with E-state index in [0.717, 1.165) is 24.2 Å². The molecule has 2 amide bonds. The van der Waals surface area contributed by atoms with Crippen molar-refractivity contribution in [3.8, 4) is 5.75 Å². The normalized spacial score (nSPS) is 14.9. The summed E-state index contributed by atoms with van der Waals surface area (Å²) in [6.07, 6.45) is 1.70. The van der Waals surface area contributed by atoms with Crippen molar-refractivity contribution in [1.82, 2.24) is 20.9 Å². The van der Waals surface area contributed by atoms with Gasteiger partial charge in [-0.3, -0.25) is 4.79 Å². The first kappa shape index (κ1) is 25.3. The zero-order valence-electron chi connectivity index (χ0n) is 20.0. The first-order chi connectivity index (χ1) is 15.1. The van der Waals surface area contributed by atoms with Gasteiger partial charge in [-0.25, -0.2) is 9.79 Å². The minimum atomic E-state index is -0.551. The number of carbonyl (C=O) groups is 2. The van der Waals surface area contributed by atoms with Gasteiger partial charge in [0.05, 0.1) is 26.2 Å². The van der Waals surface area contributed by atoms with Crippen LogP contribution in [0.15, 0.2) is 29.3 Å². The molecular weight excluding hydrogens is 410 g/mol. The van der Waals surface area contributed by atoms with Crippen LogP contribution in [0.1, 0.15) is 39.2 Å². The zero-order valence-corrected chi connectivity index (χ0v) is 20.0. The highest BCUT2D eigenvalue weighted by Gasteiger charge is 2.33. The summed E-state index contributed by atoms with van der Waals surface area (Å²) < 4.78 is 10.6. The van der Waals surface area contributed by atoms with Gasteiger partial charge in [0.2, 0.25) is 5.91 Å². The molecule has 1 aromatic rings. The van der Waals surface area contributed by atoms with Crippen molar-refractivity contribution in [2.75, 3.05) is 34.3 Å². The number of likely N-dealkylation sites (N-methyl/N-ethyl adjacent to an activating group) is 1. The SMILES string of the molecule is COc1ccc(CN=C(NCC(=O)N(C)C)NCC(NC(=O)OC(C)(C)C)C2CC2)cc1. The number of hydrogen-bond acceptors (Lipinski definition) is 5. The number of carbonyl (C=O) groups excluding carboxylic acids is 2. The second-order valence-electron chi connectivity index (χ2n) is 9.13. The third-order valence-corrected chi connectivity index (χ3v) is 4.87. The highest BCUT2D eigenvalue weighted by Crippen LogP contribution is 2.32. The Kier molecular flexibility index (Phi) is 9.16. The van der Waals surface area contributed by atoms with Crippen molar-refractivity contribution >= 4 is 18.0 Å². The van der Waals surface area contributed by atoms with Gasteiger partial charge in [-0.2, -0.15) is 0 Å². The summed E-state index contributed by atoms with van der Waals surface area (Å²) in [7, 11) is 5.04. The van der Waals surface area contributed by atoms with Gasteiger partial charge >= 0.3 is 6.09 Å². The van der Waals surface area contributed by atoms with Gasteiger partial charge in [-0.05, 0) is 57.2 Å². The largest absolute Gasteiger partial charge is 0.497 e. The molecule has 9 heteroatoms. The average molecular weight is 448 g/mol. The summed E-state index contributed by atoms with van der Waals surface area (Å²) in [5.74, 6) is 1.63. The van der Waals surface area contributed by atoms with Crippen molar-refractivity contribution < 1.29 is 19.1 Å². The molecule has 0 saturated heterocycles. The number of ether oxygens (including phenoxy) is 2. The summed E-state index contributed by atoms with van der Waals surface area (Å²) in [4.78, 5) is 30.4. The monoisotopic (exact) mass is 447 g/mol. The maximum absolute atomic E-state index is 12.2. The molecule has 1 aliphatic rings. The van der Waals surface area contributed by atoms with Crippen molar-refractivity contribution in [2.24, 2.45) is 10.9 Å². The first-order valence-corrected chi connectivity index (χ1v) is 10.9. The van der Waals surface area contributed by atoms with E-state index in [1.54, 1.807) is 21.2 Å². The topological polar surface area (TPSA) is 104 Å². The van der Waals surface area contributed by atoms with Crippen molar-refractivity contribution in [3.63, 3.8) is 0 Å². The zero-order chi connectivity index (χ0) is 23.7. The predicted molar refractivity (Wildman–Crippen MR) is 125 cm³/mol. The molecule has 0 aliphatic heterocycles. The lowest BCUT2D eigenvalue weighted by molar-refractivity contribution is -0.127. The molecule has 3 N–H and O–H groups in total. The number of methoxy groups -OCH3 is 1. The van der Waals surface area contributed by atoms with Crippen molar-refractivity contribution in [2.45, 2.75) is 51.8 Å². The van der Waals surface area contributed by atoms with Crippen LogP contribution in [0.25, 0.3) is 0 Å². The van der Waals surface area contributed by atoms with E-state index in [0.29, 0.717) is 25.0 Å². The van der Waals surface area contributed by atoms with Crippen LogP contribution in [0.2, 0.25) is 0 Å². The fourth-order valence-corrected chi connectivity index (χ4v) is 2.89. The van der Waals surface area contributed by atoms with Crippen LogP contribution in [0.5, 0.6) is 5.75 Å². The first-order valence-electron chi connectivity index (χ1n) is 10.9. The summed E-state index contributed by atoms with van der Waals surface area (Å²) >= 11 is 0. The van der Waals surface area contributed by atoms with E-state index in [1.807, 2.05) is 45.0 Å². The minimum absolute atomic E-state index is 0.0606. The number of rotatable bonds is 9. The van der Waals surface area contributed by atoms with Gasteiger partial charge < -0.3 is 30.3 Å². The number of aliphatic imine (C=N–C) groups is 1. The van der Waals surface area contributed by atoms with Gasteiger partial charge in [-0.15, -0.1) is 0 Å². The van der Waals surface area contributed by atoms with Gasteiger partial charge in [0, 0.05) is 20.6 Å². The third kappa shape index (κ3) is 9.45. The molecule has 2 rings (SSSR count). The fraction of sp³-hybridized carbons (Fsp3) is 0.609. The number of alkyl carbamates (subject to hydrolysis) is 1. The number of nitrogens with zero attached hydrogens (tertiary/aromatic N) is 2. The molecule has 0 radical (unpaired) electrons. The molecule has 1 aromatic carbocycles. The average Bonchev–Trinajstić information content (AvgIpc) is 3.56. The van der Waals surface area contributed by atoms with Crippen LogP contribution in [0.3, 0.4) is 0 Å². The highest BCUT2D eigenvalue weighted by molar-refractivity contribution is 5.86. The van der Waals surface area contributed by atoms with Crippen LogP contribution < -0.4 is 20.7 Å². The van der Waals surface area contributed by atoms with E-state index in [1.165, 1.54) is 4.90 Å². The molecule has 0 bridgehead atoms. The van der Waals surface area contributed by atoms with Gasteiger partial charge in [0.1, 0.15) is 11.4 Å². The minimum Gasteiger partial charge on any atom is -0.497 e. The number of guanidine groups is 1. The van der Waals surface area contributed by atoms with E-state index < -0.39 is 11.7 Å². The summed E-state index contributed by atoms with van der Waals surface area (Å²) in [5, 5.41) is 9.31. The van der Waals surface area contributed by atoms with E-state index in [-0.39, 0.29) is 18.5 Å². The fourth-order valence-electron chi connectivity index (χ4n) is 2.89. The Balaban J connectivity index is 2.01. The maximum Gasteiger partial charge on any atom is 0.407 e. The standard InChI is InChI=1S/C23H37N5O4/c1-23(2,3)32-22(30)27-19(17-9-10-17)14-25-21(26-15-20(29)28(4)5)24-13-16-7-11-18(31-6)12-8-16/h7-8,11-12,17,19H,9-10,13-15H2,1-6H3,(H,27,30)(H2,24,25,26). The number of nitrogens with one attached hydrogen (secondary N) is 3. The second kappa shape index (κ2) is 11.6. The lowest BCUT2D eigenvalue weighted by atomic mass is 10.2. The number of hydrogen-bond donors (Lipinski definition) is 3. The number of amides is 2. The van der Waals surface area contributed by atoms with Crippen LogP contribution in [-0.2, 0) is 16.1 Å². The van der Waals surface area contributed by atoms with E-state index in [4.69, 9.17) is 9.47 Å². The van der Waals surface area contributed by atoms with Crippen LogP contribution in [0, 0.1) is 5.92 Å². The highest BCUT2D eigenvalue weighted by atomic mass is 16.6. The number of benzene rings is 1. The molecule has 1 unspecified atom stereocenters. The molecule has 32 heavy (non-hydrogen) atoms. The molecule has 9 nitrogen and oxygen atoms in total. The van der Waals surface area contributed by atoms with Gasteiger partial charge in [-0.1, -0.05) is 12.1 Å². The molecule has 0 spiro atoms. The van der Waals surface area contributed by atoms with Gasteiger partial charge in [0.25, 0.3) is 0 Å². The molecule has 1 atom stereocenters. The lowest BCUT2D eigenvalue weighted by Gasteiger charge is -2.24. The van der Waals surface area contributed by atoms with Gasteiger partial charge in [0.15, 0.2) is 5.96 Å². The quantitative estimate of drug-likeness (QED) is 0.396. The lowest BCUT2D eigenvalue weighted by Crippen LogP contribution is -2.50. The Morgan fingerprint density at radius 2 is 1.81 bits per heavy atom. The third-order valence-electron chi connectivity index (χ3n) is 4.87. The molecule has 1 aliphatic carbocycles. The maximum atomic E-state index is 12.2. The molecule has 0 heterocycles. The molecule has 1 fully saturated rings. The molecule has 178 valence electrons. The predicted octanol–water partition coefficient (Wildman–Crippen LogP) is 2.12. The van der Waals surface area contributed by atoms with E-state index >= 15 is 0 Å².